The topological polar surface area (TPSA) is 74.6 Å². The summed E-state index contributed by atoms with van der Waals surface area (Å²) in [7, 11) is 0. The van der Waals surface area contributed by atoms with Gasteiger partial charge in [0.25, 0.3) is 0 Å². The van der Waals surface area contributed by atoms with Crippen molar-refractivity contribution in [1.29, 1.82) is 0 Å². The smallest absolute Gasteiger partial charge is 0.303 e. The molecular weight excluding hydrogens is 388 g/mol. The van der Waals surface area contributed by atoms with E-state index in [2.05, 4.69) is 20.8 Å². The van der Waals surface area contributed by atoms with E-state index >= 15 is 0 Å². The van der Waals surface area contributed by atoms with Crippen LogP contribution in [0.15, 0.2) is 11.6 Å². The number of carboxylic acid groups (broad SMARTS) is 1. The van der Waals surface area contributed by atoms with Gasteiger partial charge in [0.2, 0.25) is 0 Å². The third-order valence-corrected chi connectivity index (χ3v) is 10.9. The van der Waals surface area contributed by atoms with E-state index in [4.69, 9.17) is 0 Å². The number of hydrogen-bond donors (Lipinski definition) is 2. The van der Waals surface area contributed by atoms with Crippen LogP contribution >= 0.6 is 0 Å². The molecule has 0 unspecified atom stereocenters. The van der Waals surface area contributed by atoms with Crippen molar-refractivity contribution in [2.45, 2.75) is 97.0 Å². The molecule has 0 aromatic heterocycles. The van der Waals surface area contributed by atoms with Crippen LogP contribution < -0.4 is 0 Å². The van der Waals surface area contributed by atoms with Gasteiger partial charge < -0.3 is 10.2 Å². The Labute approximate surface area is 186 Å². The standard InChI is InChI=1S/C27H40O4/c1-4-5-6-16-13-17-14-18(28)7-10-25(17,2)20-8-11-26(3)24(23(16)20)19-15-21(19)27(26,31)12-9-22(29)30/h14,16,19-21,23-24,31H,4-13,15H2,1-3H3,(H,29,30)/t16-,19+,20+,21-,23-,24+,25+,26+,27+/m1/s1. The lowest BCUT2D eigenvalue weighted by Gasteiger charge is -2.62. The molecule has 0 aromatic carbocycles. The molecule has 0 aromatic rings. The summed E-state index contributed by atoms with van der Waals surface area (Å²) in [5.41, 5.74) is 0.570. The molecule has 2 N–H and O–H groups in total. The van der Waals surface area contributed by atoms with Crippen LogP contribution in [0.1, 0.15) is 91.4 Å². The second-order valence-corrected chi connectivity index (χ2v) is 12.1. The minimum Gasteiger partial charge on any atom is -0.481 e. The number of allylic oxidation sites excluding steroid dienone is 1. The first kappa shape index (κ1) is 21.7. The maximum absolute atomic E-state index is 12.3. The van der Waals surface area contributed by atoms with Crippen molar-refractivity contribution < 1.29 is 19.8 Å². The Morgan fingerprint density at radius 3 is 2.71 bits per heavy atom. The predicted octanol–water partition coefficient (Wildman–Crippen LogP) is 5.39. The largest absolute Gasteiger partial charge is 0.481 e. The van der Waals surface area contributed by atoms with Gasteiger partial charge in [-0.3, -0.25) is 9.59 Å². The van der Waals surface area contributed by atoms with E-state index < -0.39 is 11.6 Å². The zero-order valence-electron chi connectivity index (χ0n) is 19.5. The van der Waals surface area contributed by atoms with Crippen LogP contribution in [-0.2, 0) is 9.59 Å². The van der Waals surface area contributed by atoms with Gasteiger partial charge in [-0.1, -0.05) is 39.2 Å². The number of aliphatic hydroxyl groups is 1. The van der Waals surface area contributed by atoms with Crippen molar-refractivity contribution >= 4 is 11.8 Å². The number of fused-ring (bicyclic) bond motifs is 7. The maximum Gasteiger partial charge on any atom is 0.303 e. The molecular formula is C27H40O4. The molecule has 0 saturated heterocycles. The summed E-state index contributed by atoms with van der Waals surface area (Å²) >= 11 is 0. The number of unbranched alkanes of at least 4 members (excludes halogenated alkanes) is 1. The highest BCUT2D eigenvalue weighted by atomic mass is 16.4. The highest BCUT2D eigenvalue weighted by Gasteiger charge is 2.76. The molecule has 4 heteroatoms. The first-order valence-electron chi connectivity index (χ1n) is 12.8. The van der Waals surface area contributed by atoms with Gasteiger partial charge in [0.05, 0.1) is 5.60 Å². The molecule has 4 fully saturated rings. The Hall–Kier alpha value is -1.16. The van der Waals surface area contributed by atoms with Crippen molar-refractivity contribution in [2.24, 2.45) is 46.3 Å². The first-order valence-corrected chi connectivity index (χ1v) is 12.8. The van der Waals surface area contributed by atoms with Gasteiger partial charge in [-0.2, -0.15) is 0 Å². The SMILES string of the molecule is CCCC[C@@H]1CC2=CC(=O)CC[C@]2(C)[C@H]2CC[C@@]3(C)[C@@H]([C@H]4C[C@H]4[C@@]3(O)CCC(=O)O)[C@H]12. The van der Waals surface area contributed by atoms with Crippen molar-refractivity contribution in [3.05, 3.63) is 11.6 Å². The fraction of sp³-hybridized carbons (Fsp3) is 0.852. The lowest BCUT2D eigenvalue weighted by Crippen LogP contribution is -2.58. The molecule has 0 radical (unpaired) electrons. The molecule has 5 rings (SSSR count). The number of carbonyl (C=O) groups excluding carboxylic acids is 1. The summed E-state index contributed by atoms with van der Waals surface area (Å²) in [5.74, 6) is 2.70. The number of ketones is 1. The third kappa shape index (κ3) is 2.96. The van der Waals surface area contributed by atoms with Gasteiger partial charge in [-0.05, 0) is 97.4 Å². The number of hydrogen-bond acceptors (Lipinski definition) is 3. The Bertz CT molecular complexity index is 816. The minimum absolute atomic E-state index is 0.0715. The summed E-state index contributed by atoms with van der Waals surface area (Å²) in [6, 6.07) is 0. The molecule has 4 saturated carbocycles. The Balaban J connectivity index is 1.53. The Morgan fingerprint density at radius 2 is 2.00 bits per heavy atom. The third-order valence-electron chi connectivity index (χ3n) is 10.9. The molecule has 5 aliphatic carbocycles. The van der Waals surface area contributed by atoms with Crippen LogP contribution in [0, 0.1) is 46.3 Å². The number of carboxylic acids is 1. The lowest BCUT2D eigenvalue weighted by molar-refractivity contribution is -0.166. The zero-order chi connectivity index (χ0) is 22.2. The van der Waals surface area contributed by atoms with Gasteiger partial charge in [0, 0.05) is 12.8 Å². The predicted molar refractivity (Wildman–Crippen MR) is 119 cm³/mol. The van der Waals surface area contributed by atoms with Crippen molar-refractivity contribution in [1.82, 2.24) is 0 Å². The van der Waals surface area contributed by atoms with Crippen LogP contribution in [-0.4, -0.2) is 27.6 Å². The first-order chi connectivity index (χ1) is 14.7. The molecule has 172 valence electrons. The fourth-order valence-electron chi connectivity index (χ4n) is 9.34. The van der Waals surface area contributed by atoms with Crippen molar-refractivity contribution in [3.8, 4) is 0 Å². The second-order valence-electron chi connectivity index (χ2n) is 12.1. The molecule has 31 heavy (non-hydrogen) atoms. The van der Waals surface area contributed by atoms with Gasteiger partial charge in [0.15, 0.2) is 5.78 Å². The zero-order valence-corrected chi connectivity index (χ0v) is 19.5. The van der Waals surface area contributed by atoms with E-state index in [1.54, 1.807) is 0 Å². The van der Waals surface area contributed by atoms with E-state index in [-0.39, 0.29) is 17.3 Å². The van der Waals surface area contributed by atoms with E-state index in [9.17, 15) is 19.8 Å². The van der Waals surface area contributed by atoms with Crippen molar-refractivity contribution in [2.75, 3.05) is 0 Å². The number of aliphatic carboxylic acids is 1. The molecule has 0 amide bonds. The Kier molecular flexibility index (Phi) is 5.01. The van der Waals surface area contributed by atoms with Crippen LogP contribution in [0.25, 0.3) is 0 Å². The highest BCUT2D eigenvalue weighted by Crippen LogP contribution is 2.78. The van der Waals surface area contributed by atoms with E-state index in [1.807, 2.05) is 6.08 Å². The minimum atomic E-state index is -0.819. The normalized spacial score (nSPS) is 50.1. The van der Waals surface area contributed by atoms with Gasteiger partial charge in [0.1, 0.15) is 0 Å². The summed E-state index contributed by atoms with van der Waals surface area (Å²) in [4.78, 5) is 23.7. The molecule has 9 atom stereocenters. The quantitative estimate of drug-likeness (QED) is 0.595. The summed E-state index contributed by atoms with van der Waals surface area (Å²) in [5, 5.41) is 21.3. The van der Waals surface area contributed by atoms with Gasteiger partial charge in [-0.25, -0.2) is 0 Å². The monoisotopic (exact) mass is 428 g/mol. The molecule has 0 heterocycles. The molecule has 0 bridgehead atoms. The van der Waals surface area contributed by atoms with Crippen molar-refractivity contribution in [3.63, 3.8) is 0 Å². The van der Waals surface area contributed by atoms with E-state index in [0.717, 1.165) is 32.1 Å². The number of rotatable bonds is 6. The molecule has 0 spiro atoms. The van der Waals surface area contributed by atoms with E-state index in [1.165, 1.54) is 24.8 Å². The summed E-state index contributed by atoms with van der Waals surface area (Å²) in [6.45, 7) is 6.99. The van der Waals surface area contributed by atoms with Gasteiger partial charge in [-0.15, -0.1) is 0 Å². The van der Waals surface area contributed by atoms with Crippen LogP contribution in [0.3, 0.4) is 0 Å². The summed E-state index contributed by atoms with van der Waals surface area (Å²) in [6.07, 6.45) is 12.0. The second kappa shape index (κ2) is 7.17. The summed E-state index contributed by atoms with van der Waals surface area (Å²) < 4.78 is 0. The lowest BCUT2D eigenvalue weighted by atomic mass is 9.42. The van der Waals surface area contributed by atoms with Crippen LogP contribution in [0.2, 0.25) is 0 Å². The Morgan fingerprint density at radius 1 is 1.23 bits per heavy atom. The average molecular weight is 429 g/mol. The molecule has 0 aliphatic heterocycles. The molecule has 4 nitrogen and oxygen atoms in total. The molecule has 5 aliphatic rings. The van der Waals surface area contributed by atoms with Gasteiger partial charge >= 0.3 is 5.97 Å². The number of carbonyl (C=O) groups is 2. The maximum atomic E-state index is 12.3. The highest BCUT2D eigenvalue weighted by molar-refractivity contribution is 5.91. The van der Waals surface area contributed by atoms with Crippen LogP contribution in [0.4, 0.5) is 0 Å². The van der Waals surface area contributed by atoms with E-state index in [0.29, 0.717) is 54.1 Å². The van der Waals surface area contributed by atoms with Crippen LogP contribution in [0.5, 0.6) is 0 Å². The average Bonchev–Trinajstić information content (AvgIpc) is 3.48. The fourth-order valence-corrected chi connectivity index (χ4v) is 9.34.